The van der Waals surface area contributed by atoms with Gasteiger partial charge in [0.15, 0.2) is 0 Å². The van der Waals surface area contributed by atoms with Crippen molar-refractivity contribution in [3.8, 4) is 0 Å². The first-order valence-electron chi connectivity index (χ1n) is 8.72. The maximum Gasteiger partial charge on any atom is 0.268 e. The van der Waals surface area contributed by atoms with Gasteiger partial charge in [-0.2, -0.15) is 10.1 Å². The third-order valence-corrected chi connectivity index (χ3v) is 5.07. The van der Waals surface area contributed by atoms with Crippen molar-refractivity contribution in [3.05, 3.63) is 88.0 Å². The Labute approximate surface area is 169 Å². The summed E-state index contributed by atoms with van der Waals surface area (Å²) in [5.41, 5.74) is 1.68. The van der Waals surface area contributed by atoms with E-state index in [1.54, 1.807) is 22.9 Å². The lowest BCUT2D eigenvalue weighted by Gasteiger charge is -2.25. The summed E-state index contributed by atoms with van der Waals surface area (Å²) in [6, 6.07) is 13.6. The van der Waals surface area contributed by atoms with Crippen LogP contribution in [0.1, 0.15) is 30.1 Å². The van der Waals surface area contributed by atoms with E-state index < -0.39 is 6.04 Å². The summed E-state index contributed by atoms with van der Waals surface area (Å²) in [6.07, 6.45) is 3.02. The van der Waals surface area contributed by atoms with E-state index in [9.17, 15) is 9.18 Å². The van der Waals surface area contributed by atoms with E-state index in [0.717, 1.165) is 10.0 Å². The second-order valence-corrected chi connectivity index (χ2v) is 7.37. The van der Waals surface area contributed by atoms with E-state index in [4.69, 9.17) is 0 Å². The smallest absolute Gasteiger partial charge is 0.268 e. The third-order valence-electron chi connectivity index (χ3n) is 4.58. The molecule has 2 heterocycles. The molecule has 8 heteroatoms. The Morgan fingerprint density at radius 2 is 2.07 bits per heavy atom. The van der Waals surface area contributed by atoms with Crippen LogP contribution in [0.4, 0.5) is 10.3 Å². The fourth-order valence-corrected chi connectivity index (χ4v) is 3.51. The fraction of sp³-hybridized carbons (Fsp3) is 0.150. The molecule has 3 aromatic rings. The van der Waals surface area contributed by atoms with Crippen molar-refractivity contribution in [2.45, 2.75) is 19.0 Å². The minimum Gasteiger partial charge on any atom is -0.344 e. The van der Waals surface area contributed by atoms with Crippen LogP contribution in [0, 0.1) is 5.82 Å². The summed E-state index contributed by atoms with van der Waals surface area (Å²) in [7, 11) is 0. The summed E-state index contributed by atoms with van der Waals surface area (Å²) in [5, 5.41) is 10.1. The van der Waals surface area contributed by atoms with Gasteiger partial charge in [-0.15, -0.1) is 0 Å². The van der Waals surface area contributed by atoms with Crippen LogP contribution < -0.4 is 10.6 Å². The number of carbonyl (C=O) groups excluding carboxylic acids is 1. The zero-order valence-electron chi connectivity index (χ0n) is 14.9. The topological polar surface area (TPSA) is 71.8 Å². The molecule has 1 aliphatic rings. The number of rotatable bonds is 4. The predicted octanol–water partition coefficient (Wildman–Crippen LogP) is 3.96. The van der Waals surface area contributed by atoms with Crippen molar-refractivity contribution in [2.75, 3.05) is 5.32 Å². The lowest BCUT2D eigenvalue weighted by atomic mass is 10.0. The van der Waals surface area contributed by atoms with E-state index in [2.05, 4.69) is 36.6 Å². The SMILES string of the molecule is CC(NC(=O)C1=CC(c2cc(Br)ccc2F)n2ncnc2N1)c1ccccc1. The first-order valence-corrected chi connectivity index (χ1v) is 9.51. The van der Waals surface area contributed by atoms with Crippen LogP contribution in [-0.4, -0.2) is 20.7 Å². The van der Waals surface area contributed by atoms with Crippen molar-refractivity contribution in [3.63, 3.8) is 0 Å². The summed E-state index contributed by atoms with van der Waals surface area (Å²) in [5.74, 6) is -0.305. The normalized spacial score (nSPS) is 16.5. The molecule has 1 aromatic heterocycles. The van der Waals surface area contributed by atoms with Gasteiger partial charge < -0.3 is 10.6 Å². The average Bonchev–Trinajstić information content (AvgIpc) is 3.18. The molecule has 28 heavy (non-hydrogen) atoms. The Bertz CT molecular complexity index is 1050. The molecule has 6 nitrogen and oxygen atoms in total. The van der Waals surface area contributed by atoms with Crippen LogP contribution >= 0.6 is 15.9 Å². The molecule has 2 aromatic carbocycles. The molecule has 0 saturated carbocycles. The van der Waals surface area contributed by atoms with Crippen molar-refractivity contribution < 1.29 is 9.18 Å². The molecule has 2 N–H and O–H groups in total. The first-order chi connectivity index (χ1) is 13.5. The number of aromatic nitrogens is 3. The van der Waals surface area contributed by atoms with Crippen molar-refractivity contribution >= 4 is 27.8 Å². The summed E-state index contributed by atoms with van der Waals surface area (Å²) < 4.78 is 16.8. The molecule has 142 valence electrons. The molecule has 2 unspecified atom stereocenters. The van der Waals surface area contributed by atoms with Gasteiger partial charge in [-0.3, -0.25) is 4.79 Å². The Balaban J connectivity index is 1.65. The molecule has 2 atom stereocenters. The maximum absolute atomic E-state index is 14.5. The number of halogens is 2. The summed E-state index contributed by atoms with van der Waals surface area (Å²) in [6.45, 7) is 1.91. The number of benzene rings is 2. The van der Waals surface area contributed by atoms with Gasteiger partial charge in [0.2, 0.25) is 5.95 Å². The molecule has 1 aliphatic heterocycles. The van der Waals surface area contributed by atoms with Gasteiger partial charge in [0.25, 0.3) is 5.91 Å². The number of fused-ring (bicyclic) bond motifs is 1. The lowest BCUT2D eigenvalue weighted by Crippen LogP contribution is -2.34. The fourth-order valence-electron chi connectivity index (χ4n) is 3.13. The average molecular weight is 442 g/mol. The maximum atomic E-state index is 14.5. The molecule has 0 fully saturated rings. The van der Waals surface area contributed by atoms with Crippen molar-refractivity contribution in [1.82, 2.24) is 20.1 Å². The quantitative estimate of drug-likeness (QED) is 0.642. The number of anilines is 1. The molecule has 0 bridgehead atoms. The Kier molecular flexibility index (Phi) is 4.95. The molecule has 0 spiro atoms. The van der Waals surface area contributed by atoms with Crippen LogP contribution in [0.3, 0.4) is 0 Å². The minimum absolute atomic E-state index is 0.183. The molecule has 0 saturated heterocycles. The summed E-state index contributed by atoms with van der Waals surface area (Å²) in [4.78, 5) is 17.0. The Hall–Kier alpha value is -3.00. The van der Waals surface area contributed by atoms with Crippen LogP contribution in [-0.2, 0) is 4.79 Å². The standard InChI is InChI=1S/C20H17BrFN5O/c1-12(13-5-3-2-4-6-13)25-19(28)17-10-18(27-20(26-17)23-11-24-27)15-9-14(21)7-8-16(15)22/h2-12,18H,1H3,(H,25,28)(H,23,24,26). The Morgan fingerprint density at radius 1 is 1.29 bits per heavy atom. The van der Waals surface area contributed by atoms with Gasteiger partial charge in [0.05, 0.1) is 6.04 Å². The number of amides is 1. The van der Waals surface area contributed by atoms with Crippen LogP contribution in [0.15, 0.2) is 71.1 Å². The Morgan fingerprint density at radius 3 is 2.86 bits per heavy atom. The number of nitrogens with zero attached hydrogens (tertiary/aromatic N) is 3. The molecule has 1 amide bonds. The van der Waals surface area contributed by atoms with Gasteiger partial charge in [-0.1, -0.05) is 46.3 Å². The van der Waals surface area contributed by atoms with E-state index in [1.807, 2.05) is 37.3 Å². The molecule has 0 radical (unpaired) electrons. The molecular weight excluding hydrogens is 425 g/mol. The number of hydrogen-bond donors (Lipinski definition) is 2. The molecular formula is C20H17BrFN5O. The van der Waals surface area contributed by atoms with Gasteiger partial charge in [0.1, 0.15) is 23.9 Å². The summed E-state index contributed by atoms with van der Waals surface area (Å²) >= 11 is 3.37. The van der Waals surface area contributed by atoms with E-state index >= 15 is 0 Å². The first kappa shape index (κ1) is 18.4. The highest BCUT2D eigenvalue weighted by Gasteiger charge is 2.28. The molecule has 0 aliphatic carbocycles. The lowest BCUT2D eigenvalue weighted by molar-refractivity contribution is -0.118. The van der Waals surface area contributed by atoms with Gasteiger partial charge in [0, 0.05) is 10.0 Å². The predicted molar refractivity (Wildman–Crippen MR) is 107 cm³/mol. The zero-order valence-corrected chi connectivity index (χ0v) is 16.5. The minimum atomic E-state index is -0.593. The van der Waals surface area contributed by atoms with Crippen LogP contribution in [0.2, 0.25) is 0 Å². The van der Waals surface area contributed by atoms with E-state index in [-0.39, 0.29) is 17.8 Å². The largest absolute Gasteiger partial charge is 0.344 e. The number of nitrogens with one attached hydrogen (secondary N) is 2. The van der Waals surface area contributed by atoms with Gasteiger partial charge in [-0.05, 0) is 36.8 Å². The van der Waals surface area contributed by atoms with E-state index in [1.165, 1.54) is 12.4 Å². The third kappa shape index (κ3) is 3.55. The number of hydrogen-bond acceptors (Lipinski definition) is 4. The van der Waals surface area contributed by atoms with Gasteiger partial charge in [-0.25, -0.2) is 9.07 Å². The highest BCUT2D eigenvalue weighted by atomic mass is 79.9. The zero-order chi connectivity index (χ0) is 19.7. The van der Waals surface area contributed by atoms with Gasteiger partial charge >= 0.3 is 0 Å². The van der Waals surface area contributed by atoms with E-state index in [0.29, 0.717) is 17.2 Å². The highest BCUT2D eigenvalue weighted by molar-refractivity contribution is 9.10. The second kappa shape index (κ2) is 7.55. The highest BCUT2D eigenvalue weighted by Crippen LogP contribution is 2.31. The van der Waals surface area contributed by atoms with Crippen molar-refractivity contribution in [1.29, 1.82) is 0 Å². The van der Waals surface area contributed by atoms with Crippen LogP contribution in [0.25, 0.3) is 0 Å². The molecule has 4 rings (SSSR count). The van der Waals surface area contributed by atoms with Crippen LogP contribution in [0.5, 0.6) is 0 Å². The monoisotopic (exact) mass is 441 g/mol. The second-order valence-electron chi connectivity index (χ2n) is 6.45. The van der Waals surface area contributed by atoms with Crippen molar-refractivity contribution in [2.24, 2.45) is 0 Å². The number of allylic oxidation sites excluding steroid dienone is 1. The number of carbonyl (C=O) groups is 1.